The average Bonchev–Trinajstić information content (AvgIpc) is 2.63. The molecule has 0 bridgehead atoms. The SMILES string of the molecule is CCN1CCCC(CN2CCN(S(=O)(=O)N3CCOCC3)CC2)C1. The normalized spacial score (nSPS) is 29.8. The van der Waals surface area contributed by atoms with E-state index in [0.717, 1.165) is 32.1 Å². The van der Waals surface area contributed by atoms with E-state index < -0.39 is 10.2 Å². The number of ether oxygens (including phenoxy) is 1. The van der Waals surface area contributed by atoms with Crippen molar-refractivity contribution in [2.75, 3.05) is 78.7 Å². The Hall–Kier alpha value is -0.250. The van der Waals surface area contributed by atoms with E-state index in [2.05, 4.69) is 16.7 Å². The zero-order chi connectivity index (χ0) is 17.0. The molecule has 0 N–H and O–H groups in total. The number of morpholine rings is 1. The Kier molecular flexibility index (Phi) is 6.50. The average molecular weight is 361 g/mol. The number of hydrogen-bond donors (Lipinski definition) is 0. The number of nitrogens with zero attached hydrogens (tertiary/aromatic N) is 4. The molecule has 0 radical (unpaired) electrons. The van der Waals surface area contributed by atoms with Crippen LogP contribution in [0.1, 0.15) is 19.8 Å². The molecule has 140 valence electrons. The van der Waals surface area contributed by atoms with Crippen molar-refractivity contribution in [3.05, 3.63) is 0 Å². The lowest BCUT2D eigenvalue weighted by atomic mass is 9.97. The molecule has 8 heteroatoms. The van der Waals surface area contributed by atoms with Gasteiger partial charge in [-0.1, -0.05) is 6.92 Å². The zero-order valence-corrected chi connectivity index (χ0v) is 15.7. The molecular weight excluding hydrogens is 328 g/mol. The van der Waals surface area contributed by atoms with Crippen molar-refractivity contribution in [1.82, 2.24) is 18.4 Å². The Bertz CT molecular complexity index is 488. The van der Waals surface area contributed by atoms with Crippen LogP contribution >= 0.6 is 0 Å². The minimum atomic E-state index is -3.30. The van der Waals surface area contributed by atoms with Crippen LogP contribution in [0.3, 0.4) is 0 Å². The number of likely N-dealkylation sites (tertiary alicyclic amines) is 1. The maximum absolute atomic E-state index is 12.7. The van der Waals surface area contributed by atoms with Gasteiger partial charge in [-0.05, 0) is 31.8 Å². The van der Waals surface area contributed by atoms with E-state index in [1.165, 1.54) is 25.9 Å². The molecule has 3 aliphatic heterocycles. The summed E-state index contributed by atoms with van der Waals surface area (Å²) >= 11 is 0. The van der Waals surface area contributed by atoms with Crippen LogP contribution in [0.5, 0.6) is 0 Å². The number of piperidine rings is 1. The second kappa shape index (κ2) is 8.42. The Morgan fingerprint density at radius 3 is 2.25 bits per heavy atom. The fourth-order valence-electron chi connectivity index (χ4n) is 4.04. The monoisotopic (exact) mass is 360 g/mol. The van der Waals surface area contributed by atoms with E-state index in [4.69, 9.17) is 4.74 Å². The molecule has 0 amide bonds. The van der Waals surface area contributed by atoms with Crippen LogP contribution in [0, 0.1) is 5.92 Å². The van der Waals surface area contributed by atoms with Crippen LogP contribution < -0.4 is 0 Å². The zero-order valence-electron chi connectivity index (χ0n) is 14.9. The van der Waals surface area contributed by atoms with Gasteiger partial charge in [0.05, 0.1) is 13.2 Å². The Morgan fingerprint density at radius 2 is 1.58 bits per heavy atom. The quantitative estimate of drug-likeness (QED) is 0.686. The van der Waals surface area contributed by atoms with Gasteiger partial charge in [-0.2, -0.15) is 17.0 Å². The van der Waals surface area contributed by atoms with E-state index in [-0.39, 0.29) is 0 Å². The van der Waals surface area contributed by atoms with E-state index in [1.54, 1.807) is 8.61 Å². The third-order valence-electron chi connectivity index (χ3n) is 5.52. The van der Waals surface area contributed by atoms with E-state index in [9.17, 15) is 8.42 Å². The predicted molar refractivity (Wildman–Crippen MR) is 94.2 cm³/mol. The van der Waals surface area contributed by atoms with E-state index in [0.29, 0.717) is 39.4 Å². The molecule has 0 aromatic carbocycles. The third kappa shape index (κ3) is 4.47. The summed E-state index contributed by atoms with van der Waals surface area (Å²) in [6.45, 7) is 11.8. The topological polar surface area (TPSA) is 56.3 Å². The molecule has 3 rings (SSSR count). The highest BCUT2D eigenvalue weighted by atomic mass is 32.2. The van der Waals surface area contributed by atoms with Crippen molar-refractivity contribution >= 4 is 10.2 Å². The molecule has 3 saturated heterocycles. The van der Waals surface area contributed by atoms with Gasteiger partial charge >= 0.3 is 0 Å². The van der Waals surface area contributed by atoms with Crippen molar-refractivity contribution in [2.24, 2.45) is 5.92 Å². The second-order valence-electron chi connectivity index (χ2n) is 7.12. The summed E-state index contributed by atoms with van der Waals surface area (Å²) in [5, 5.41) is 0. The summed E-state index contributed by atoms with van der Waals surface area (Å²) in [6, 6.07) is 0. The molecule has 0 aromatic heterocycles. The molecule has 1 atom stereocenters. The lowest BCUT2D eigenvalue weighted by Crippen LogP contribution is -2.55. The maximum Gasteiger partial charge on any atom is 0.282 e. The number of hydrogen-bond acceptors (Lipinski definition) is 5. The van der Waals surface area contributed by atoms with Crippen LogP contribution in [-0.2, 0) is 14.9 Å². The number of piperazine rings is 1. The summed E-state index contributed by atoms with van der Waals surface area (Å²) in [5.74, 6) is 0.737. The Morgan fingerprint density at radius 1 is 0.917 bits per heavy atom. The van der Waals surface area contributed by atoms with Gasteiger partial charge in [0.1, 0.15) is 0 Å². The molecule has 3 aliphatic rings. The minimum Gasteiger partial charge on any atom is -0.379 e. The van der Waals surface area contributed by atoms with Crippen molar-refractivity contribution in [3.8, 4) is 0 Å². The first-order valence-corrected chi connectivity index (χ1v) is 10.8. The van der Waals surface area contributed by atoms with Gasteiger partial charge in [0.15, 0.2) is 0 Å². The van der Waals surface area contributed by atoms with Crippen LogP contribution in [0.4, 0.5) is 0 Å². The molecule has 24 heavy (non-hydrogen) atoms. The van der Waals surface area contributed by atoms with Gasteiger partial charge < -0.3 is 14.5 Å². The standard InChI is InChI=1S/C16H32N4O3S/c1-2-17-5-3-4-16(14-17)15-18-6-8-19(9-7-18)24(21,22)20-10-12-23-13-11-20/h16H,2-15H2,1H3. The highest BCUT2D eigenvalue weighted by Crippen LogP contribution is 2.19. The molecule has 0 saturated carbocycles. The van der Waals surface area contributed by atoms with Crippen LogP contribution in [0.15, 0.2) is 0 Å². The summed E-state index contributed by atoms with van der Waals surface area (Å²) in [5.41, 5.74) is 0. The first kappa shape index (κ1) is 18.5. The van der Waals surface area contributed by atoms with Gasteiger partial charge in [0, 0.05) is 52.4 Å². The smallest absolute Gasteiger partial charge is 0.282 e. The molecule has 0 aliphatic carbocycles. The van der Waals surface area contributed by atoms with Crippen molar-refractivity contribution in [3.63, 3.8) is 0 Å². The van der Waals surface area contributed by atoms with E-state index in [1.807, 2.05) is 0 Å². The summed E-state index contributed by atoms with van der Waals surface area (Å²) in [4.78, 5) is 4.99. The lowest BCUT2D eigenvalue weighted by molar-refractivity contribution is 0.0674. The molecular formula is C16H32N4O3S. The Labute approximate surface area is 146 Å². The fourth-order valence-corrected chi connectivity index (χ4v) is 5.60. The van der Waals surface area contributed by atoms with Crippen molar-refractivity contribution < 1.29 is 13.2 Å². The predicted octanol–water partition coefficient (Wildman–Crippen LogP) is -0.0871. The molecule has 0 aromatic rings. The molecule has 3 heterocycles. The van der Waals surface area contributed by atoms with Gasteiger partial charge in [0.25, 0.3) is 10.2 Å². The first-order chi connectivity index (χ1) is 11.6. The van der Waals surface area contributed by atoms with Crippen LogP contribution in [0.25, 0.3) is 0 Å². The first-order valence-electron chi connectivity index (χ1n) is 9.37. The van der Waals surface area contributed by atoms with Crippen molar-refractivity contribution in [1.29, 1.82) is 0 Å². The van der Waals surface area contributed by atoms with Crippen LogP contribution in [0.2, 0.25) is 0 Å². The van der Waals surface area contributed by atoms with Gasteiger partial charge in [-0.25, -0.2) is 0 Å². The second-order valence-corrected chi connectivity index (χ2v) is 9.05. The van der Waals surface area contributed by atoms with Gasteiger partial charge in [-0.3, -0.25) is 0 Å². The van der Waals surface area contributed by atoms with Crippen molar-refractivity contribution in [2.45, 2.75) is 19.8 Å². The molecule has 7 nitrogen and oxygen atoms in total. The van der Waals surface area contributed by atoms with E-state index >= 15 is 0 Å². The van der Waals surface area contributed by atoms with Gasteiger partial charge in [-0.15, -0.1) is 0 Å². The molecule has 0 spiro atoms. The largest absolute Gasteiger partial charge is 0.379 e. The molecule has 1 unspecified atom stereocenters. The summed E-state index contributed by atoms with van der Waals surface area (Å²) < 4.78 is 33.9. The Balaban J connectivity index is 1.47. The third-order valence-corrected chi connectivity index (χ3v) is 7.56. The number of rotatable bonds is 5. The highest BCUT2D eigenvalue weighted by molar-refractivity contribution is 7.86. The summed E-state index contributed by atoms with van der Waals surface area (Å²) in [6.07, 6.45) is 2.60. The fraction of sp³-hybridized carbons (Fsp3) is 1.00. The van der Waals surface area contributed by atoms with Crippen LogP contribution in [-0.4, -0.2) is 105 Å². The maximum atomic E-state index is 12.7. The lowest BCUT2D eigenvalue weighted by Gasteiger charge is -2.40. The summed E-state index contributed by atoms with van der Waals surface area (Å²) in [7, 11) is -3.30. The minimum absolute atomic E-state index is 0.484. The molecule has 3 fully saturated rings. The van der Waals surface area contributed by atoms with Gasteiger partial charge in [0.2, 0.25) is 0 Å². The highest BCUT2D eigenvalue weighted by Gasteiger charge is 2.33.